The molecule has 2 atom stereocenters. The molecule has 0 bridgehead atoms. The van der Waals surface area contributed by atoms with Crippen LogP contribution in [0.1, 0.15) is 36.8 Å². The van der Waals surface area contributed by atoms with Crippen LogP contribution in [-0.4, -0.2) is 42.4 Å². The third kappa shape index (κ3) is 3.46. The third-order valence-electron chi connectivity index (χ3n) is 6.18. The molecule has 1 aliphatic carbocycles. The van der Waals surface area contributed by atoms with Crippen molar-refractivity contribution in [3.8, 4) is 11.1 Å². The van der Waals surface area contributed by atoms with Crippen molar-refractivity contribution >= 4 is 6.09 Å². The average Bonchev–Trinajstić information content (AvgIpc) is 3.02. The molecule has 1 amide bonds. The van der Waals surface area contributed by atoms with E-state index in [4.69, 9.17) is 4.74 Å². The van der Waals surface area contributed by atoms with Crippen molar-refractivity contribution in [1.82, 2.24) is 4.90 Å². The van der Waals surface area contributed by atoms with E-state index < -0.39 is 0 Å². The molecule has 0 spiro atoms. The standard InChI is InChI=1S/C23H27NO3/c1-16-14-24(12-10-17(16)11-13-25)23(26)27-15-22-20-8-4-2-6-18(20)19-7-3-5-9-21(19)22/h2-9,16-17,22,25H,10-15H2,1H3/t16-,17-/m1/s1. The zero-order chi connectivity index (χ0) is 18.8. The first-order chi connectivity index (χ1) is 13.2. The molecule has 2 aromatic carbocycles. The molecule has 27 heavy (non-hydrogen) atoms. The number of carbonyl (C=O) groups excluding carboxylic acids is 1. The summed E-state index contributed by atoms with van der Waals surface area (Å²) < 4.78 is 5.76. The summed E-state index contributed by atoms with van der Waals surface area (Å²) in [6.45, 7) is 4.17. The fraction of sp³-hybridized carbons (Fsp3) is 0.435. The first kappa shape index (κ1) is 18.1. The quantitative estimate of drug-likeness (QED) is 0.880. The van der Waals surface area contributed by atoms with Gasteiger partial charge in [-0.2, -0.15) is 0 Å². The summed E-state index contributed by atoms with van der Waals surface area (Å²) in [4.78, 5) is 14.5. The van der Waals surface area contributed by atoms with Gasteiger partial charge in [0.2, 0.25) is 0 Å². The predicted molar refractivity (Wildman–Crippen MR) is 106 cm³/mol. The Morgan fingerprint density at radius 3 is 2.33 bits per heavy atom. The van der Waals surface area contributed by atoms with Gasteiger partial charge in [-0.3, -0.25) is 0 Å². The van der Waals surface area contributed by atoms with E-state index in [1.54, 1.807) is 0 Å². The second kappa shape index (κ2) is 7.73. The number of benzene rings is 2. The molecule has 4 rings (SSSR count). The molecule has 4 nitrogen and oxygen atoms in total. The molecule has 1 aliphatic heterocycles. The lowest BCUT2D eigenvalue weighted by Crippen LogP contribution is -2.43. The van der Waals surface area contributed by atoms with Gasteiger partial charge in [0.15, 0.2) is 0 Å². The fourth-order valence-corrected chi connectivity index (χ4v) is 4.64. The minimum absolute atomic E-state index is 0.103. The van der Waals surface area contributed by atoms with Crippen molar-refractivity contribution < 1.29 is 14.6 Å². The smallest absolute Gasteiger partial charge is 0.409 e. The summed E-state index contributed by atoms with van der Waals surface area (Å²) in [7, 11) is 0. The highest BCUT2D eigenvalue weighted by molar-refractivity contribution is 5.79. The maximum Gasteiger partial charge on any atom is 0.409 e. The van der Waals surface area contributed by atoms with Gasteiger partial charge >= 0.3 is 6.09 Å². The molecule has 0 radical (unpaired) electrons. The van der Waals surface area contributed by atoms with Crippen LogP contribution in [0, 0.1) is 11.8 Å². The van der Waals surface area contributed by atoms with Gasteiger partial charge in [0, 0.05) is 25.6 Å². The van der Waals surface area contributed by atoms with Crippen LogP contribution in [0.15, 0.2) is 48.5 Å². The Hall–Kier alpha value is -2.33. The zero-order valence-corrected chi connectivity index (χ0v) is 15.8. The number of carbonyl (C=O) groups is 1. The summed E-state index contributed by atoms with van der Waals surface area (Å²) in [5.74, 6) is 0.990. The highest BCUT2D eigenvalue weighted by Gasteiger charge is 2.32. The maximum absolute atomic E-state index is 12.6. The van der Waals surface area contributed by atoms with Crippen LogP contribution in [-0.2, 0) is 4.74 Å². The normalized spacial score (nSPS) is 21.6. The number of amides is 1. The van der Waals surface area contributed by atoms with Gasteiger partial charge in [0.1, 0.15) is 6.61 Å². The van der Waals surface area contributed by atoms with Crippen LogP contribution in [0.25, 0.3) is 11.1 Å². The molecule has 1 saturated heterocycles. The molecule has 0 aromatic heterocycles. The summed E-state index contributed by atoms with van der Waals surface area (Å²) in [5.41, 5.74) is 4.96. The van der Waals surface area contributed by atoms with Crippen LogP contribution in [0.2, 0.25) is 0 Å². The summed E-state index contributed by atoms with van der Waals surface area (Å²) in [6, 6.07) is 16.8. The van der Waals surface area contributed by atoms with Crippen LogP contribution >= 0.6 is 0 Å². The number of fused-ring (bicyclic) bond motifs is 3. The Morgan fingerprint density at radius 2 is 1.74 bits per heavy atom. The van der Waals surface area contributed by atoms with E-state index in [0.29, 0.717) is 31.5 Å². The Bertz CT molecular complexity index is 773. The molecule has 142 valence electrons. The topological polar surface area (TPSA) is 49.8 Å². The number of aliphatic hydroxyl groups excluding tert-OH is 1. The van der Waals surface area contributed by atoms with Gasteiger partial charge in [0.25, 0.3) is 0 Å². The lowest BCUT2D eigenvalue weighted by Gasteiger charge is -2.36. The Morgan fingerprint density at radius 1 is 1.11 bits per heavy atom. The van der Waals surface area contributed by atoms with E-state index >= 15 is 0 Å². The van der Waals surface area contributed by atoms with Crippen LogP contribution < -0.4 is 0 Å². The molecule has 2 aromatic rings. The second-order valence-electron chi connectivity index (χ2n) is 7.79. The zero-order valence-electron chi connectivity index (χ0n) is 15.8. The molecule has 1 heterocycles. The van der Waals surface area contributed by atoms with E-state index in [2.05, 4.69) is 43.3 Å². The van der Waals surface area contributed by atoms with Crippen molar-refractivity contribution in [2.45, 2.75) is 25.7 Å². The van der Waals surface area contributed by atoms with Crippen molar-refractivity contribution in [2.75, 3.05) is 26.3 Å². The van der Waals surface area contributed by atoms with Gasteiger partial charge in [-0.05, 0) is 46.9 Å². The number of ether oxygens (including phenoxy) is 1. The third-order valence-corrected chi connectivity index (χ3v) is 6.18. The lowest BCUT2D eigenvalue weighted by atomic mass is 9.85. The first-order valence-electron chi connectivity index (χ1n) is 9.89. The van der Waals surface area contributed by atoms with Crippen molar-refractivity contribution in [2.24, 2.45) is 11.8 Å². The van der Waals surface area contributed by atoms with Crippen molar-refractivity contribution in [3.05, 3.63) is 59.7 Å². The molecule has 4 heteroatoms. The molecule has 2 aliphatic rings. The molecule has 0 unspecified atom stereocenters. The monoisotopic (exact) mass is 365 g/mol. The first-order valence-corrected chi connectivity index (χ1v) is 9.89. The van der Waals surface area contributed by atoms with E-state index in [-0.39, 0.29) is 18.6 Å². The molecule has 1 fully saturated rings. The minimum atomic E-state index is -0.217. The van der Waals surface area contributed by atoms with Crippen LogP contribution in [0.5, 0.6) is 0 Å². The van der Waals surface area contributed by atoms with E-state index in [9.17, 15) is 9.90 Å². The van der Waals surface area contributed by atoms with Crippen LogP contribution in [0.3, 0.4) is 0 Å². The van der Waals surface area contributed by atoms with Gasteiger partial charge < -0.3 is 14.7 Å². The number of aliphatic hydroxyl groups is 1. The number of piperidine rings is 1. The molecular formula is C23H27NO3. The molecular weight excluding hydrogens is 338 g/mol. The average molecular weight is 365 g/mol. The lowest BCUT2D eigenvalue weighted by molar-refractivity contribution is 0.0653. The second-order valence-corrected chi connectivity index (χ2v) is 7.79. The van der Waals surface area contributed by atoms with Gasteiger partial charge in [-0.15, -0.1) is 0 Å². The van der Waals surface area contributed by atoms with Crippen LogP contribution in [0.4, 0.5) is 4.79 Å². The summed E-state index contributed by atoms with van der Waals surface area (Å²) >= 11 is 0. The van der Waals surface area contributed by atoms with E-state index in [0.717, 1.165) is 12.8 Å². The minimum Gasteiger partial charge on any atom is -0.448 e. The number of rotatable bonds is 4. The number of hydrogen-bond donors (Lipinski definition) is 1. The number of likely N-dealkylation sites (tertiary alicyclic amines) is 1. The van der Waals surface area contributed by atoms with Crippen molar-refractivity contribution in [1.29, 1.82) is 0 Å². The van der Waals surface area contributed by atoms with Crippen molar-refractivity contribution in [3.63, 3.8) is 0 Å². The highest BCUT2D eigenvalue weighted by Crippen LogP contribution is 2.44. The predicted octanol–water partition coefficient (Wildman–Crippen LogP) is 4.28. The van der Waals surface area contributed by atoms with E-state index in [1.165, 1.54) is 22.3 Å². The van der Waals surface area contributed by atoms with Gasteiger partial charge in [-0.25, -0.2) is 4.79 Å². The molecule has 1 N–H and O–H groups in total. The highest BCUT2D eigenvalue weighted by atomic mass is 16.6. The maximum atomic E-state index is 12.6. The number of hydrogen-bond acceptors (Lipinski definition) is 3. The van der Waals surface area contributed by atoms with Gasteiger partial charge in [-0.1, -0.05) is 55.5 Å². The summed E-state index contributed by atoms with van der Waals surface area (Å²) in [5, 5.41) is 9.17. The largest absolute Gasteiger partial charge is 0.448 e. The van der Waals surface area contributed by atoms with Gasteiger partial charge in [0.05, 0.1) is 0 Å². The Kier molecular flexibility index (Phi) is 5.17. The number of nitrogens with zero attached hydrogens (tertiary/aromatic N) is 1. The molecule has 0 saturated carbocycles. The summed E-state index contributed by atoms with van der Waals surface area (Å²) in [6.07, 6.45) is 1.54. The Balaban J connectivity index is 1.43. The van der Waals surface area contributed by atoms with E-state index in [1.807, 2.05) is 17.0 Å². The Labute approximate surface area is 160 Å². The SMILES string of the molecule is C[C@@H]1CN(C(=O)OCC2c3ccccc3-c3ccccc32)CC[C@@H]1CCO. The fourth-order valence-electron chi connectivity index (χ4n) is 4.64.